The number of benzene rings is 3. The summed E-state index contributed by atoms with van der Waals surface area (Å²) in [6.07, 6.45) is 1.43. The number of hydrogen-bond acceptors (Lipinski definition) is 6. The first-order chi connectivity index (χ1) is 18.3. The maximum absolute atomic E-state index is 14.2. The standard InChI is InChI=1S/C29H32FN3O5/c1-3-37-26(10-6-7-11-27(35)33-24-9-5-4-8-23(24)31)28(20-14-17-25(34)22(30)18-20)38-29(36)32-21-15-12-19(2)13-16-21/h4-5,7-9,11-18,26,28,34H,3,6,10,31H2,1-2H3,(H,32,36)(H,33,35)/b11-7+/t26-,28-/m0/s1. The molecule has 0 unspecified atom stereocenters. The van der Waals surface area contributed by atoms with Crippen LogP contribution in [0.25, 0.3) is 0 Å². The molecule has 3 aromatic carbocycles. The zero-order chi connectivity index (χ0) is 27.5. The number of rotatable bonds is 11. The van der Waals surface area contributed by atoms with E-state index in [1.54, 1.807) is 49.4 Å². The third-order valence-corrected chi connectivity index (χ3v) is 5.66. The molecule has 0 heterocycles. The molecule has 0 aliphatic carbocycles. The largest absolute Gasteiger partial charge is 0.505 e. The van der Waals surface area contributed by atoms with Crippen LogP contribution in [0.5, 0.6) is 5.75 Å². The van der Waals surface area contributed by atoms with Crippen LogP contribution in [-0.2, 0) is 14.3 Å². The second kappa shape index (κ2) is 13.8. The second-order valence-electron chi connectivity index (χ2n) is 8.58. The van der Waals surface area contributed by atoms with Gasteiger partial charge in [0.05, 0.1) is 17.5 Å². The number of aryl methyl sites for hydroxylation is 1. The van der Waals surface area contributed by atoms with Crippen molar-refractivity contribution in [1.29, 1.82) is 0 Å². The summed E-state index contributed by atoms with van der Waals surface area (Å²) in [5.74, 6) is -1.71. The molecule has 0 spiro atoms. The highest BCUT2D eigenvalue weighted by Crippen LogP contribution is 2.30. The van der Waals surface area contributed by atoms with Crippen molar-refractivity contribution >= 4 is 29.1 Å². The fraction of sp³-hybridized carbons (Fsp3) is 0.241. The molecule has 2 amide bonds. The molecule has 0 aromatic heterocycles. The van der Waals surface area contributed by atoms with Crippen molar-refractivity contribution in [2.45, 2.75) is 38.9 Å². The van der Waals surface area contributed by atoms with Crippen LogP contribution in [0.2, 0.25) is 0 Å². The van der Waals surface area contributed by atoms with Gasteiger partial charge < -0.3 is 25.6 Å². The monoisotopic (exact) mass is 521 g/mol. The van der Waals surface area contributed by atoms with E-state index >= 15 is 0 Å². The summed E-state index contributed by atoms with van der Waals surface area (Å²) in [5.41, 5.74) is 8.71. The molecule has 0 bridgehead atoms. The molecule has 0 aliphatic rings. The van der Waals surface area contributed by atoms with Crippen LogP contribution < -0.4 is 16.4 Å². The van der Waals surface area contributed by atoms with E-state index in [-0.39, 0.29) is 5.91 Å². The number of anilines is 3. The highest BCUT2D eigenvalue weighted by molar-refractivity contribution is 6.01. The van der Waals surface area contributed by atoms with Crippen LogP contribution in [0.1, 0.15) is 37.0 Å². The van der Waals surface area contributed by atoms with Gasteiger partial charge in [-0.3, -0.25) is 10.1 Å². The Labute approximate surface area is 221 Å². The van der Waals surface area contributed by atoms with Crippen molar-refractivity contribution in [1.82, 2.24) is 0 Å². The summed E-state index contributed by atoms with van der Waals surface area (Å²) in [6.45, 7) is 4.03. The first-order valence-corrected chi connectivity index (χ1v) is 12.2. The summed E-state index contributed by atoms with van der Waals surface area (Å²) in [6, 6.07) is 17.9. The molecule has 0 radical (unpaired) electrons. The Balaban J connectivity index is 1.71. The van der Waals surface area contributed by atoms with E-state index in [1.807, 2.05) is 19.1 Å². The van der Waals surface area contributed by atoms with Gasteiger partial charge in [0, 0.05) is 12.3 Å². The molecule has 2 atom stereocenters. The number of phenolic OH excluding ortho intramolecular Hbond substituents is 1. The van der Waals surface area contributed by atoms with E-state index in [9.17, 15) is 19.1 Å². The van der Waals surface area contributed by atoms with Gasteiger partial charge in [0.25, 0.3) is 0 Å². The lowest BCUT2D eigenvalue weighted by Crippen LogP contribution is -2.29. The van der Waals surface area contributed by atoms with E-state index in [2.05, 4.69) is 10.6 Å². The Morgan fingerprint density at radius 2 is 1.82 bits per heavy atom. The zero-order valence-electron chi connectivity index (χ0n) is 21.3. The van der Waals surface area contributed by atoms with Gasteiger partial charge in [0.2, 0.25) is 5.91 Å². The first-order valence-electron chi connectivity index (χ1n) is 12.2. The van der Waals surface area contributed by atoms with Crippen molar-refractivity contribution < 1.29 is 28.6 Å². The van der Waals surface area contributed by atoms with Crippen LogP contribution in [0, 0.1) is 12.7 Å². The van der Waals surface area contributed by atoms with Crippen LogP contribution in [0.15, 0.2) is 78.9 Å². The molecule has 0 aliphatic heterocycles. The number of hydrogen-bond donors (Lipinski definition) is 4. The Kier molecular flexibility index (Phi) is 10.2. The molecule has 0 saturated carbocycles. The fourth-order valence-electron chi connectivity index (χ4n) is 3.73. The molecule has 5 N–H and O–H groups in total. The Hall–Kier alpha value is -4.37. The number of allylic oxidation sites excluding steroid dienone is 1. The number of nitrogens with one attached hydrogen (secondary N) is 2. The van der Waals surface area contributed by atoms with E-state index in [4.69, 9.17) is 15.2 Å². The molecular weight excluding hydrogens is 489 g/mol. The summed E-state index contributed by atoms with van der Waals surface area (Å²) >= 11 is 0. The SMILES string of the molecule is CCO[C@@H](CC/C=C/C(=O)Nc1ccccc1N)[C@@H](OC(=O)Nc1ccc(C)cc1)c1ccc(O)c(F)c1. The Morgan fingerprint density at radius 3 is 2.50 bits per heavy atom. The average molecular weight is 522 g/mol. The lowest BCUT2D eigenvalue weighted by Gasteiger charge is -2.27. The number of nitrogens with two attached hydrogens (primary N) is 1. The lowest BCUT2D eigenvalue weighted by atomic mass is 9.99. The number of halogens is 1. The van der Waals surface area contributed by atoms with Crippen LogP contribution in [0.3, 0.4) is 0 Å². The van der Waals surface area contributed by atoms with E-state index in [0.717, 1.165) is 11.6 Å². The Bertz CT molecular complexity index is 1260. The van der Waals surface area contributed by atoms with Gasteiger partial charge in [0.15, 0.2) is 17.7 Å². The molecule has 9 heteroatoms. The average Bonchev–Trinajstić information content (AvgIpc) is 2.89. The molecule has 0 fully saturated rings. The van der Waals surface area contributed by atoms with Crippen molar-refractivity contribution in [3.63, 3.8) is 0 Å². The highest BCUT2D eigenvalue weighted by Gasteiger charge is 2.28. The number of nitrogen functional groups attached to an aromatic ring is 1. The Morgan fingerprint density at radius 1 is 1.08 bits per heavy atom. The van der Waals surface area contributed by atoms with E-state index < -0.39 is 29.9 Å². The van der Waals surface area contributed by atoms with Gasteiger partial charge in [-0.2, -0.15) is 0 Å². The fourth-order valence-corrected chi connectivity index (χ4v) is 3.73. The molecular formula is C29H32FN3O5. The predicted octanol–water partition coefficient (Wildman–Crippen LogP) is 6.09. The minimum Gasteiger partial charge on any atom is -0.505 e. The van der Waals surface area contributed by atoms with Crippen molar-refractivity contribution in [3.8, 4) is 5.75 Å². The number of para-hydroxylation sites is 2. The summed E-state index contributed by atoms with van der Waals surface area (Å²) in [5, 5.41) is 15.0. The van der Waals surface area contributed by atoms with Crippen LogP contribution in [-0.4, -0.2) is 29.8 Å². The number of carbonyl (C=O) groups excluding carboxylic acids is 2. The molecule has 0 saturated heterocycles. The predicted molar refractivity (Wildman–Crippen MR) is 145 cm³/mol. The summed E-state index contributed by atoms with van der Waals surface area (Å²) in [7, 11) is 0. The quantitative estimate of drug-likeness (QED) is 0.179. The topological polar surface area (TPSA) is 123 Å². The van der Waals surface area contributed by atoms with E-state index in [0.29, 0.717) is 42.1 Å². The number of ether oxygens (including phenoxy) is 2. The molecule has 8 nitrogen and oxygen atoms in total. The normalized spacial score (nSPS) is 12.6. The maximum Gasteiger partial charge on any atom is 0.412 e. The molecule has 38 heavy (non-hydrogen) atoms. The lowest BCUT2D eigenvalue weighted by molar-refractivity contribution is -0.111. The smallest absolute Gasteiger partial charge is 0.412 e. The third kappa shape index (κ3) is 8.35. The third-order valence-electron chi connectivity index (χ3n) is 5.66. The zero-order valence-corrected chi connectivity index (χ0v) is 21.3. The van der Waals surface area contributed by atoms with Gasteiger partial charge in [0.1, 0.15) is 0 Å². The van der Waals surface area contributed by atoms with Crippen molar-refractivity contribution in [3.05, 3.63) is 95.8 Å². The molecule has 3 aromatic rings. The van der Waals surface area contributed by atoms with Gasteiger partial charge in [-0.25, -0.2) is 9.18 Å². The highest BCUT2D eigenvalue weighted by atomic mass is 19.1. The van der Waals surface area contributed by atoms with E-state index in [1.165, 1.54) is 18.2 Å². The minimum atomic E-state index is -0.984. The number of carbonyl (C=O) groups is 2. The number of amides is 2. The summed E-state index contributed by atoms with van der Waals surface area (Å²) < 4.78 is 25.8. The number of phenols is 1. The van der Waals surface area contributed by atoms with Gasteiger partial charge in [-0.1, -0.05) is 42.0 Å². The molecule has 3 rings (SSSR count). The maximum atomic E-state index is 14.2. The van der Waals surface area contributed by atoms with Gasteiger partial charge >= 0.3 is 6.09 Å². The minimum absolute atomic E-state index is 0.308. The van der Waals surface area contributed by atoms with Gasteiger partial charge in [-0.15, -0.1) is 0 Å². The van der Waals surface area contributed by atoms with Gasteiger partial charge in [-0.05, 0) is 74.7 Å². The summed E-state index contributed by atoms with van der Waals surface area (Å²) in [4.78, 5) is 25.0. The van der Waals surface area contributed by atoms with Crippen LogP contribution >= 0.6 is 0 Å². The number of aromatic hydroxyl groups is 1. The van der Waals surface area contributed by atoms with Crippen molar-refractivity contribution in [2.24, 2.45) is 0 Å². The first kappa shape index (κ1) is 28.2. The van der Waals surface area contributed by atoms with Crippen LogP contribution in [0.4, 0.5) is 26.2 Å². The second-order valence-corrected chi connectivity index (χ2v) is 8.58. The van der Waals surface area contributed by atoms with Crippen molar-refractivity contribution in [2.75, 3.05) is 23.0 Å². The molecule has 200 valence electrons.